The number of piperidine rings is 1. The summed E-state index contributed by atoms with van der Waals surface area (Å²) in [5.74, 6) is 0.296. The highest BCUT2D eigenvalue weighted by molar-refractivity contribution is 5.78. The SMILES string of the molecule is CCCN1CCCC(NC(=O)C(C)C)C1. The van der Waals surface area contributed by atoms with Gasteiger partial charge in [-0.25, -0.2) is 0 Å². The third kappa shape index (κ3) is 4.20. The van der Waals surface area contributed by atoms with Gasteiger partial charge < -0.3 is 10.2 Å². The summed E-state index contributed by atoms with van der Waals surface area (Å²) < 4.78 is 0. The van der Waals surface area contributed by atoms with Crippen LogP contribution in [0.3, 0.4) is 0 Å². The largest absolute Gasteiger partial charge is 0.352 e. The number of likely N-dealkylation sites (tertiary alicyclic amines) is 1. The van der Waals surface area contributed by atoms with Crippen molar-refractivity contribution < 1.29 is 4.79 Å². The Balaban J connectivity index is 2.32. The number of nitrogens with one attached hydrogen (secondary N) is 1. The van der Waals surface area contributed by atoms with Gasteiger partial charge in [-0.3, -0.25) is 4.79 Å². The van der Waals surface area contributed by atoms with Gasteiger partial charge in [-0.15, -0.1) is 0 Å². The van der Waals surface area contributed by atoms with Crippen molar-refractivity contribution in [3.05, 3.63) is 0 Å². The summed E-state index contributed by atoms with van der Waals surface area (Å²) in [6, 6.07) is 0.375. The molecule has 3 heteroatoms. The summed E-state index contributed by atoms with van der Waals surface area (Å²) in [6.07, 6.45) is 3.55. The molecule has 1 N–H and O–H groups in total. The molecule has 1 rings (SSSR count). The van der Waals surface area contributed by atoms with Gasteiger partial charge in [-0.2, -0.15) is 0 Å². The molecule has 0 aromatic carbocycles. The van der Waals surface area contributed by atoms with Crippen LogP contribution in [0.2, 0.25) is 0 Å². The lowest BCUT2D eigenvalue weighted by molar-refractivity contribution is -0.125. The van der Waals surface area contributed by atoms with Crippen molar-refractivity contribution in [1.82, 2.24) is 10.2 Å². The van der Waals surface area contributed by atoms with E-state index in [9.17, 15) is 4.79 Å². The van der Waals surface area contributed by atoms with Crippen molar-refractivity contribution in [3.63, 3.8) is 0 Å². The fourth-order valence-corrected chi connectivity index (χ4v) is 2.06. The molecule has 1 aliphatic heterocycles. The zero-order chi connectivity index (χ0) is 11.3. The average Bonchev–Trinajstić information content (AvgIpc) is 2.18. The van der Waals surface area contributed by atoms with Crippen LogP contribution in [0.4, 0.5) is 0 Å². The van der Waals surface area contributed by atoms with Crippen LogP contribution < -0.4 is 5.32 Å². The summed E-state index contributed by atoms with van der Waals surface area (Å²) in [5, 5.41) is 3.13. The van der Waals surface area contributed by atoms with E-state index in [1.807, 2.05) is 13.8 Å². The minimum atomic E-state index is 0.103. The Labute approximate surface area is 93.2 Å². The maximum atomic E-state index is 11.5. The summed E-state index contributed by atoms with van der Waals surface area (Å²) in [6.45, 7) is 9.49. The minimum absolute atomic E-state index is 0.103. The lowest BCUT2D eigenvalue weighted by Crippen LogP contribution is -2.48. The molecule has 88 valence electrons. The molecule has 0 aromatic heterocycles. The molecule has 1 saturated heterocycles. The molecule has 1 heterocycles. The van der Waals surface area contributed by atoms with Crippen molar-refractivity contribution in [1.29, 1.82) is 0 Å². The van der Waals surface area contributed by atoms with Gasteiger partial charge in [0.15, 0.2) is 0 Å². The van der Waals surface area contributed by atoms with Crippen molar-refractivity contribution in [2.45, 2.75) is 46.1 Å². The van der Waals surface area contributed by atoms with Gasteiger partial charge in [-0.05, 0) is 32.4 Å². The fourth-order valence-electron chi connectivity index (χ4n) is 2.06. The molecule has 0 radical (unpaired) electrons. The van der Waals surface area contributed by atoms with Crippen LogP contribution in [-0.2, 0) is 4.79 Å². The number of carbonyl (C=O) groups is 1. The normalized spacial score (nSPS) is 23.1. The number of rotatable bonds is 4. The first-order valence-corrected chi connectivity index (χ1v) is 6.16. The third-order valence-corrected chi connectivity index (χ3v) is 2.92. The van der Waals surface area contributed by atoms with Crippen LogP contribution in [0.25, 0.3) is 0 Å². The average molecular weight is 212 g/mol. The van der Waals surface area contributed by atoms with Crippen LogP contribution >= 0.6 is 0 Å². The summed E-state index contributed by atoms with van der Waals surface area (Å²) >= 11 is 0. The zero-order valence-electron chi connectivity index (χ0n) is 10.3. The first-order valence-electron chi connectivity index (χ1n) is 6.16. The van der Waals surface area contributed by atoms with Gasteiger partial charge in [0.2, 0.25) is 5.91 Å². The van der Waals surface area contributed by atoms with E-state index in [1.54, 1.807) is 0 Å². The van der Waals surface area contributed by atoms with Crippen LogP contribution in [0.1, 0.15) is 40.0 Å². The number of hydrogen-bond donors (Lipinski definition) is 1. The molecule has 0 saturated carbocycles. The van der Waals surface area contributed by atoms with Crippen molar-refractivity contribution in [2.75, 3.05) is 19.6 Å². The second kappa shape index (κ2) is 6.11. The number of hydrogen-bond acceptors (Lipinski definition) is 2. The van der Waals surface area contributed by atoms with Gasteiger partial charge in [0.05, 0.1) is 0 Å². The Bertz CT molecular complexity index is 202. The predicted molar refractivity (Wildman–Crippen MR) is 62.7 cm³/mol. The molecule has 0 aliphatic carbocycles. The van der Waals surface area contributed by atoms with Crippen molar-refractivity contribution in [2.24, 2.45) is 5.92 Å². The Morgan fingerprint density at radius 3 is 2.87 bits per heavy atom. The second-order valence-electron chi connectivity index (χ2n) is 4.80. The van der Waals surface area contributed by atoms with E-state index in [0.717, 1.165) is 19.5 Å². The first-order chi connectivity index (χ1) is 7.13. The maximum absolute atomic E-state index is 11.5. The molecule has 0 aromatic rings. The summed E-state index contributed by atoms with van der Waals surface area (Å²) in [5.41, 5.74) is 0. The van der Waals surface area contributed by atoms with Gasteiger partial charge >= 0.3 is 0 Å². The Kier molecular flexibility index (Phi) is 5.09. The number of amides is 1. The van der Waals surface area contributed by atoms with E-state index < -0.39 is 0 Å². The molecule has 3 nitrogen and oxygen atoms in total. The minimum Gasteiger partial charge on any atom is -0.352 e. The molecule has 0 spiro atoms. The van der Waals surface area contributed by atoms with Gasteiger partial charge in [0.25, 0.3) is 0 Å². The van der Waals surface area contributed by atoms with Crippen LogP contribution in [0.5, 0.6) is 0 Å². The summed E-state index contributed by atoms with van der Waals surface area (Å²) in [7, 11) is 0. The Morgan fingerprint density at radius 2 is 2.27 bits per heavy atom. The smallest absolute Gasteiger partial charge is 0.222 e. The highest BCUT2D eigenvalue weighted by Gasteiger charge is 2.21. The van der Waals surface area contributed by atoms with Crippen LogP contribution in [-0.4, -0.2) is 36.5 Å². The molecule has 1 fully saturated rings. The van der Waals surface area contributed by atoms with Crippen LogP contribution in [0, 0.1) is 5.92 Å². The number of nitrogens with zero attached hydrogens (tertiary/aromatic N) is 1. The van der Waals surface area contributed by atoms with Gasteiger partial charge in [-0.1, -0.05) is 20.8 Å². The summed E-state index contributed by atoms with van der Waals surface area (Å²) in [4.78, 5) is 14.0. The van der Waals surface area contributed by atoms with Crippen molar-refractivity contribution >= 4 is 5.91 Å². The molecular weight excluding hydrogens is 188 g/mol. The zero-order valence-corrected chi connectivity index (χ0v) is 10.3. The highest BCUT2D eigenvalue weighted by Crippen LogP contribution is 2.10. The molecule has 1 amide bonds. The van der Waals surface area contributed by atoms with Gasteiger partial charge in [0, 0.05) is 18.5 Å². The van der Waals surface area contributed by atoms with E-state index in [0.29, 0.717) is 6.04 Å². The highest BCUT2D eigenvalue weighted by atomic mass is 16.1. The molecule has 0 bridgehead atoms. The monoisotopic (exact) mass is 212 g/mol. The fraction of sp³-hybridized carbons (Fsp3) is 0.917. The second-order valence-corrected chi connectivity index (χ2v) is 4.80. The van der Waals surface area contributed by atoms with E-state index in [2.05, 4.69) is 17.1 Å². The topological polar surface area (TPSA) is 32.3 Å². The standard InChI is InChI=1S/C12H24N2O/c1-4-7-14-8-5-6-11(9-14)13-12(15)10(2)3/h10-11H,4-9H2,1-3H3,(H,13,15). The van der Waals surface area contributed by atoms with E-state index in [1.165, 1.54) is 19.4 Å². The van der Waals surface area contributed by atoms with E-state index in [4.69, 9.17) is 0 Å². The molecule has 1 aliphatic rings. The molecule has 1 unspecified atom stereocenters. The maximum Gasteiger partial charge on any atom is 0.222 e. The lowest BCUT2D eigenvalue weighted by Gasteiger charge is -2.33. The number of carbonyl (C=O) groups excluding carboxylic acids is 1. The predicted octanol–water partition coefficient (Wildman–Crippen LogP) is 1.63. The molecule has 15 heavy (non-hydrogen) atoms. The lowest BCUT2D eigenvalue weighted by atomic mass is 10.0. The molecule has 1 atom stereocenters. The first kappa shape index (κ1) is 12.5. The molecular formula is C12H24N2O. The van der Waals surface area contributed by atoms with Crippen molar-refractivity contribution in [3.8, 4) is 0 Å². The Morgan fingerprint density at radius 1 is 1.53 bits per heavy atom. The quantitative estimate of drug-likeness (QED) is 0.768. The van der Waals surface area contributed by atoms with Gasteiger partial charge in [0.1, 0.15) is 0 Å². The van der Waals surface area contributed by atoms with E-state index >= 15 is 0 Å². The third-order valence-electron chi connectivity index (χ3n) is 2.92. The Hall–Kier alpha value is -0.570. The van der Waals surface area contributed by atoms with Crippen LogP contribution in [0.15, 0.2) is 0 Å². The van der Waals surface area contributed by atoms with E-state index in [-0.39, 0.29) is 11.8 Å².